The van der Waals surface area contributed by atoms with E-state index in [-0.39, 0.29) is 5.60 Å². The largest absolute Gasteiger partial charge is 0.379 e. The number of ether oxygens (including phenoxy) is 2. The van der Waals surface area contributed by atoms with Crippen LogP contribution in [0.25, 0.3) is 0 Å². The molecule has 1 rings (SSSR count). The van der Waals surface area contributed by atoms with E-state index in [1.807, 2.05) is 7.11 Å². The highest BCUT2D eigenvalue weighted by Crippen LogP contribution is 2.26. The fraction of sp³-hybridized carbons (Fsp3) is 1.00. The van der Waals surface area contributed by atoms with Gasteiger partial charge >= 0.3 is 0 Å². The van der Waals surface area contributed by atoms with Gasteiger partial charge in [0.15, 0.2) is 0 Å². The summed E-state index contributed by atoms with van der Waals surface area (Å²) in [4.78, 5) is 0. The predicted molar refractivity (Wildman–Crippen MR) is 57.5 cm³/mol. The molecule has 0 aliphatic carbocycles. The lowest BCUT2D eigenvalue weighted by Gasteiger charge is -2.36. The molecule has 1 fully saturated rings. The van der Waals surface area contributed by atoms with Crippen LogP contribution >= 0.6 is 0 Å². The Morgan fingerprint density at radius 3 is 2.43 bits per heavy atom. The maximum atomic E-state index is 5.64. The molecule has 0 amide bonds. The second-order valence-electron chi connectivity index (χ2n) is 4.31. The Morgan fingerprint density at radius 1 is 1.29 bits per heavy atom. The summed E-state index contributed by atoms with van der Waals surface area (Å²) < 4.78 is 11.2. The van der Waals surface area contributed by atoms with Gasteiger partial charge in [-0.3, -0.25) is 0 Å². The first-order chi connectivity index (χ1) is 6.68. The van der Waals surface area contributed by atoms with Gasteiger partial charge in [-0.2, -0.15) is 0 Å². The van der Waals surface area contributed by atoms with Gasteiger partial charge in [-0.15, -0.1) is 0 Å². The van der Waals surface area contributed by atoms with Crippen LogP contribution in [0.3, 0.4) is 0 Å². The van der Waals surface area contributed by atoms with Crippen LogP contribution in [-0.2, 0) is 9.47 Å². The SMILES string of the molecule is COC1(CCOC(C)C)CCNCC1. The van der Waals surface area contributed by atoms with Crippen LogP contribution in [-0.4, -0.2) is 38.5 Å². The van der Waals surface area contributed by atoms with E-state index in [0.29, 0.717) is 6.10 Å². The van der Waals surface area contributed by atoms with Crippen molar-refractivity contribution in [3.63, 3.8) is 0 Å². The molecule has 1 saturated heterocycles. The second-order valence-corrected chi connectivity index (χ2v) is 4.31. The topological polar surface area (TPSA) is 30.5 Å². The molecule has 3 heteroatoms. The quantitative estimate of drug-likeness (QED) is 0.732. The van der Waals surface area contributed by atoms with Crippen molar-refractivity contribution in [2.75, 3.05) is 26.8 Å². The highest BCUT2D eigenvalue weighted by Gasteiger charge is 2.31. The van der Waals surface area contributed by atoms with Gasteiger partial charge < -0.3 is 14.8 Å². The number of piperidine rings is 1. The third-order valence-corrected chi connectivity index (χ3v) is 2.96. The average Bonchev–Trinajstić information content (AvgIpc) is 2.19. The Kier molecular flexibility index (Phi) is 4.85. The molecule has 0 atom stereocenters. The molecule has 1 N–H and O–H groups in total. The fourth-order valence-corrected chi connectivity index (χ4v) is 1.92. The Bertz CT molecular complexity index is 153. The fourth-order valence-electron chi connectivity index (χ4n) is 1.92. The average molecular weight is 201 g/mol. The van der Waals surface area contributed by atoms with E-state index in [1.165, 1.54) is 0 Å². The summed E-state index contributed by atoms with van der Waals surface area (Å²) in [5, 5.41) is 3.35. The minimum absolute atomic E-state index is 0.0696. The molecule has 14 heavy (non-hydrogen) atoms. The molecule has 0 aromatic rings. The van der Waals surface area contributed by atoms with Crippen LogP contribution in [0.15, 0.2) is 0 Å². The number of hydrogen-bond acceptors (Lipinski definition) is 3. The van der Waals surface area contributed by atoms with Gasteiger partial charge in [0.05, 0.1) is 11.7 Å². The first-order valence-corrected chi connectivity index (χ1v) is 5.56. The monoisotopic (exact) mass is 201 g/mol. The molecule has 0 saturated carbocycles. The van der Waals surface area contributed by atoms with E-state index in [0.717, 1.165) is 39.0 Å². The van der Waals surface area contributed by atoms with Gasteiger partial charge in [0.2, 0.25) is 0 Å². The number of hydrogen-bond donors (Lipinski definition) is 1. The van der Waals surface area contributed by atoms with E-state index in [2.05, 4.69) is 19.2 Å². The van der Waals surface area contributed by atoms with Crippen LogP contribution in [0.1, 0.15) is 33.1 Å². The van der Waals surface area contributed by atoms with Crippen LogP contribution in [0.4, 0.5) is 0 Å². The lowest BCUT2D eigenvalue weighted by atomic mass is 9.89. The summed E-state index contributed by atoms with van der Waals surface area (Å²) in [7, 11) is 1.82. The molecule has 0 aromatic heterocycles. The van der Waals surface area contributed by atoms with Crippen LogP contribution in [0.2, 0.25) is 0 Å². The van der Waals surface area contributed by atoms with Crippen LogP contribution in [0, 0.1) is 0 Å². The zero-order valence-corrected chi connectivity index (χ0v) is 9.64. The minimum atomic E-state index is 0.0696. The molecule has 0 radical (unpaired) electrons. The normalized spacial score (nSPS) is 21.4. The standard InChI is InChI=1S/C11H23NO2/c1-10(2)14-9-6-11(13-3)4-7-12-8-5-11/h10,12H,4-9H2,1-3H3. The predicted octanol–water partition coefficient (Wildman–Crippen LogP) is 1.57. The lowest BCUT2D eigenvalue weighted by molar-refractivity contribution is -0.0628. The van der Waals surface area contributed by atoms with Gasteiger partial charge in [-0.05, 0) is 46.2 Å². The van der Waals surface area contributed by atoms with Crippen molar-refractivity contribution in [2.24, 2.45) is 0 Å². The van der Waals surface area contributed by atoms with E-state index in [9.17, 15) is 0 Å². The maximum Gasteiger partial charge on any atom is 0.0724 e. The molecule has 1 aliphatic rings. The van der Waals surface area contributed by atoms with E-state index in [1.54, 1.807) is 0 Å². The van der Waals surface area contributed by atoms with Gasteiger partial charge in [-0.25, -0.2) is 0 Å². The summed E-state index contributed by atoms with van der Waals surface area (Å²) in [6, 6.07) is 0. The first-order valence-electron chi connectivity index (χ1n) is 5.56. The molecule has 1 heterocycles. The Labute approximate surface area is 87.2 Å². The molecule has 84 valence electrons. The summed E-state index contributed by atoms with van der Waals surface area (Å²) in [6.45, 7) is 7.08. The highest BCUT2D eigenvalue weighted by atomic mass is 16.5. The molecule has 0 spiro atoms. The number of methoxy groups -OCH3 is 1. The molecular formula is C11H23NO2. The third-order valence-electron chi connectivity index (χ3n) is 2.96. The van der Waals surface area contributed by atoms with Gasteiger partial charge in [-0.1, -0.05) is 0 Å². The summed E-state index contributed by atoms with van der Waals surface area (Å²) in [5.41, 5.74) is 0.0696. The van der Waals surface area contributed by atoms with Crippen molar-refractivity contribution in [2.45, 2.75) is 44.8 Å². The zero-order chi connectivity index (χ0) is 10.4. The van der Waals surface area contributed by atoms with Crippen LogP contribution < -0.4 is 5.32 Å². The second kappa shape index (κ2) is 5.69. The Morgan fingerprint density at radius 2 is 1.93 bits per heavy atom. The molecule has 0 aromatic carbocycles. The van der Waals surface area contributed by atoms with Gasteiger partial charge in [0.1, 0.15) is 0 Å². The van der Waals surface area contributed by atoms with Gasteiger partial charge in [0.25, 0.3) is 0 Å². The van der Waals surface area contributed by atoms with E-state index < -0.39 is 0 Å². The summed E-state index contributed by atoms with van der Waals surface area (Å²) >= 11 is 0. The van der Waals surface area contributed by atoms with Gasteiger partial charge in [0, 0.05) is 13.7 Å². The van der Waals surface area contributed by atoms with Crippen molar-refractivity contribution in [3.8, 4) is 0 Å². The van der Waals surface area contributed by atoms with Crippen molar-refractivity contribution < 1.29 is 9.47 Å². The van der Waals surface area contributed by atoms with E-state index in [4.69, 9.17) is 9.47 Å². The van der Waals surface area contributed by atoms with Crippen molar-refractivity contribution >= 4 is 0 Å². The van der Waals surface area contributed by atoms with Crippen LogP contribution in [0.5, 0.6) is 0 Å². The first kappa shape index (κ1) is 12.0. The number of rotatable bonds is 5. The molecule has 0 unspecified atom stereocenters. The molecule has 0 bridgehead atoms. The molecule has 1 aliphatic heterocycles. The minimum Gasteiger partial charge on any atom is -0.379 e. The summed E-state index contributed by atoms with van der Waals surface area (Å²) in [5.74, 6) is 0. The van der Waals surface area contributed by atoms with Crippen molar-refractivity contribution in [1.82, 2.24) is 5.32 Å². The Hall–Kier alpha value is -0.120. The third kappa shape index (κ3) is 3.56. The lowest BCUT2D eigenvalue weighted by Crippen LogP contribution is -2.44. The highest BCUT2D eigenvalue weighted by molar-refractivity contribution is 4.85. The molecular weight excluding hydrogens is 178 g/mol. The Balaban J connectivity index is 2.29. The van der Waals surface area contributed by atoms with E-state index >= 15 is 0 Å². The summed E-state index contributed by atoms with van der Waals surface area (Å²) in [6.07, 6.45) is 3.55. The molecule has 3 nitrogen and oxygen atoms in total. The smallest absolute Gasteiger partial charge is 0.0724 e. The maximum absolute atomic E-state index is 5.64. The number of nitrogens with one attached hydrogen (secondary N) is 1. The van der Waals surface area contributed by atoms with Crippen molar-refractivity contribution in [1.29, 1.82) is 0 Å². The van der Waals surface area contributed by atoms with Crippen molar-refractivity contribution in [3.05, 3.63) is 0 Å². The zero-order valence-electron chi connectivity index (χ0n) is 9.64.